The second kappa shape index (κ2) is 19.3. The van der Waals surface area contributed by atoms with E-state index in [1.807, 2.05) is 27.7 Å². The first-order valence-electron chi connectivity index (χ1n) is 10.2. The summed E-state index contributed by atoms with van der Waals surface area (Å²) < 4.78 is 10.1. The molecule has 2 amide bonds. The van der Waals surface area contributed by atoms with Crippen LogP contribution in [0.3, 0.4) is 0 Å². The molecule has 0 unspecified atom stereocenters. The van der Waals surface area contributed by atoms with E-state index in [1.165, 1.54) is 14.0 Å². The first-order chi connectivity index (χ1) is 13.0. The van der Waals surface area contributed by atoms with Gasteiger partial charge in [0.1, 0.15) is 12.4 Å². The minimum atomic E-state index is -0.108. The molecule has 0 atom stereocenters. The van der Waals surface area contributed by atoms with Crippen LogP contribution in [0.15, 0.2) is 0 Å². The van der Waals surface area contributed by atoms with Crippen LogP contribution >= 0.6 is 0 Å². The fraction of sp³-hybridized carbons (Fsp3) is 0.850. The molecule has 0 spiro atoms. The molecule has 0 aromatic carbocycles. The van der Waals surface area contributed by atoms with Gasteiger partial charge in [-0.25, -0.2) is 0 Å². The van der Waals surface area contributed by atoms with Crippen molar-refractivity contribution in [3.05, 3.63) is 0 Å². The van der Waals surface area contributed by atoms with Gasteiger partial charge in [0.2, 0.25) is 11.8 Å². The van der Waals surface area contributed by atoms with Crippen LogP contribution < -0.4 is 10.6 Å². The number of Topliss-reactive ketones (excluding diaryl/α,β-unsaturated/α-hetero) is 1. The fourth-order valence-corrected chi connectivity index (χ4v) is 2.61. The Kier molecular flexibility index (Phi) is 19.8. The van der Waals surface area contributed by atoms with E-state index in [0.29, 0.717) is 26.2 Å². The summed E-state index contributed by atoms with van der Waals surface area (Å²) in [5.41, 5.74) is 0. The molecular weight excluding hydrogens is 348 g/mol. The van der Waals surface area contributed by atoms with E-state index in [9.17, 15) is 14.4 Å². The molecule has 0 aromatic rings. The average molecular weight is 389 g/mol. The van der Waals surface area contributed by atoms with E-state index in [4.69, 9.17) is 9.47 Å². The molecule has 7 heteroatoms. The third-order valence-electron chi connectivity index (χ3n) is 3.88. The van der Waals surface area contributed by atoms with Crippen molar-refractivity contribution in [2.24, 2.45) is 5.92 Å². The molecule has 1 aliphatic carbocycles. The Morgan fingerprint density at radius 3 is 2.07 bits per heavy atom. The summed E-state index contributed by atoms with van der Waals surface area (Å²) in [6.07, 6.45) is 3.57. The number of nitrogens with one attached hydrogen (secondary N) is 2. The minimum Gasteiger partial charge on any atom is -0.379 e. The third kappa shape index (κ3) is 15.3. The number of carbonyl (C=O) groups is 3. The van der Waals surface area contributed by atoms with Crippen molar-refractivity contribution < 1.29 is 23.9 Å². The van der Waals surface area contributed by atoms with Gasteiger partial charge >= 0.3 is 0 Å². The highest BCUT2D eigenvalue weighted by molar-refractivity contribution is 5.79. The lowest BCUT2D eigenvalue weighted by Crippen LogP contribution is -2.42. The summed E-state index contributed by atoms with van der Waals surface area (Å²) in [5, 5.41) is 5.77. The van der Waals surface area contributed by atoms with Crippen molar-refractivity contribution >= 4 is 17.6 Å². The molecule has 0 aromatic heterocycles. The van der Waals surface area contributed by atoms with Gasteiger partial charge in [0.15, 0.2) is 0 Å². The van der Waals surface area contributed by atoms with E-state index in [-0.39, 0.29) is 36.2 Å². The van der Waals surface area contributed by atoms with Gasteiger partial charge in [0.25, 0.3) is 0 Å². The van der Waals surface area contributed by atoms with Gasteiger partial charge in [-0.2, -0.15) is 0 Å². The second-order valence-corrected chi connectivity index (χ2v) is 5.90. The lowest BCUT2D eigenvalue weighted by atomic mass is 9.85. The van der Waals surface area contributed by atoms with Crippen LogP contribution in [0, 0.1) is 5.92 Å². The number of amides is 2. The molecule has 7 nitrogen and oxygen atoms in total. The maximum absolute atomic E-state index is 12.0. The van der Waals surface area contributed by atoms with Crippen LogP contribution in [0.1, 0.15) is 66.7 Å². The van der Waals surface area contributed by atoms with Crippen LogP contribution in [0.25, 0.3) is 0 Å². The van der Waals surface area contributed by atoms with E-state index in [2.05, 4.69) is 10.6 Å². The van der Waals surface area contributed by atoms with Crippen LogP contribution in [0.5, 0.6) is 0 Å². The summed E-state index contributed by atoms with van der Waals surface area (Å²) in [5.74, 6) is 0.0381. The first-order valence-corrected chi connectivity index (χ1v) is 10.2. The van der Waals surface area contributed by atoms with Crippen LogP contribution in [0.4, 0.5) is 0 Å². The number of ether oxygens (including phenoxy) is 2. The van der Waals surface area contributed by atoms with Gasteiger partial charge in [-0.1, -0.05) is 27.7 Å². The minimum absolute atomic E-state index is 0.00259. The number of hydrogen-bond donors (Lipinski definition) is 2. The van der Waals surface area contributed by atoms with Crippen molar-refractivity contribution in [3.63, 3.8) is 0 Å². The maximum atomic E-state index is 12.0. The standard InChI is InChI=1S/C16H28N2O5.2C2H6/c1-12(19)7-9-23-10-8-17-16(21)13-3-5-14(6-4-13)18-15(20)11-22-2;2*1-2/h13-14H,3-11H2,1-2H3,(H,17,21)(H,18,20);2*1-2H3. The van der Waals surface area contributed by atoms with Gasteiger partial charge in [0, 0.05) is 32.0 Å². The van der Waals surface area contributed by atoms with Gasteiger partial charge in [-0.05, 0) is 32.6 Å². The van der Waals surface area contributed by atoms with E-state index < -0.39 is 0 Å². The summed E-state index contributed by atoms with van der Waals surface area (Å²) in [6, 6.07) is 0.136. The predicted molar refractivity (Wildman–Crippen MR) is 108 cm³/mol. The van der Waals surface area contributed by atoms with Crippen LogP contribution in [0.2, 0.25) is 0 Å². The predicted octanol–water partition coefficient (Wildman–Crippen LogP) is 2.47. The Labute approximate surface area is 164 Å². The second-order valence-electron chi connectivity index (χ2n) is 5.90. The van der Waals surface area contributed by atoms with Crippen molar-refractivity contribution in [2.75, 3.05) is 33.5 Å². The van der Waals surface area contributed by atoms with Crippen LogP contribution in [-0.4, -0.2) is 57.1 Å². The summed E-state index contributed by atoms with van der Waals surface area (Å²) in [7, 11) is 1.49. The quantitative estimate of drug-likeness (QED) is 0.561. The van der Waals surface area contributed by atoms with E-state index in [0.717, 1.165) is 25.7 Å². The molecule has 2 N–H and O–H groups in total. The van der Waals surface area contributed by atoms with Gasteiger partial charge in [0.05, 0.1) is 13.2 Å². The Bertz CT molecular complexity index is 394. The topological polar surface area (TPSA) is 93.7 Å². The molecule has 1 saturated carbocycles. The molecule has 1 fully saturated rings. The summed E-state index contributed by atoms with van der Waals surface area (Å²) in [6.45, 7) is 10.9. The van der Waals surface area contributed by atoms with Crippen molar-refractivity contribution in [2.45, 2.75) is 72.8 Å². The highest BCUT2D eigenvalue weighted by Gasteiger charge is 2.26. The Hall–Kier alpha value is -1.47. The lowest BCUT2D eigenvalue weighted by Gasteiger charge is -2.28. The molecule has 0 saturated heterocycles. The molecular formula is C20H40N2O5. The molecule has 1 aliphatic rings. The number of ketones is 1. The Morgan fingerprint density at radius 2 is 1.56 bits per heavy atom. The van der Waals surface area contributed by atoms with Gasteiger partial charge in [-0.15, -0.1) is 0 Å². The Morgan fingerprint density at radius 1 is 0.963 bits per heavy atom. The van der Waals surface area contributed by atoms with E-state index >= 15 is 0 Å². The Balaban J connectivity index is 0. The zero-order valence-electron chi connectivity index (χ0n) is 18.1. The highest BCUT2D eigenvalue weighted by Crippen LogP contribution is 2.24. The highest BCUT2D eigenvalue weighted by atomic mass is 16.5. The lowest BCUT2D eigenvalue weighted by molar-refractivity contribution is -0.127. The largest absolute Gasteiger partial charge is 0.379 e. The van der Waals surface area contributed by atoms with Gasteiger partial charge < -0.3 is 20.1 Å². The first kappa shape index (κ1) is 27.7. The molecule has 0 heterocycles. The average Bonchev–Trinajstić information content (AvgIpc) is 2.68. The number of hydrogen-bond acceptors (Lipinski definition) is 5. The van der Waals surface area contributed by atoms with Crippen molar-refractivity contribution in [1.82, 2.24) is 10.6 Å². The molecule has 160 valence electrons. The molecule has 0 radical (unpaired) electrons. The molecule has 0 bridgehead atoms. The van der Waals surface area contributed by atoms with E-state index in [1.54, 1.807) is 0 Å². The SMILES string of the molecule is CC.CC.COCC(=O)NC1CCC(C(=O)NCCOCCC(C)=O)CC1. The monoisotopic (exact) mass is 388 g/mol. The van der Waals surface area contributed by atoms with Crippen molar-refractivity contribution in [3.8, 4) is 0 Å². The van der Waals surface area contributed by atoms with Crippen LogP contribution in [-0.2, 0) is 23.9 Å². The zero-order valence-corrected chi connectivity index (χ0v) is 18.1. The number of rotatable bonds is 10. The number of carbonyl (C=O) groups excluding carboxylic acids is 3. The smallest absolute Gasteiger partial charge is 0.246 e. The zero-order chi connectivity index (χ0) is 21.1. The summed E-state index contributed by atoms with van der Waals surface area (Å²) in [4.78, 5) is 34.2. The maximum Gasteiger partial charge on any atom is 0.246 e. The summed E-state index contributed by atoms with van der Waals surface area (Å²) >= 11 is 0. The normalized spacial score (nSPS) is 18.1. The number of methoxy groups -OCH3 is 1. The van der Waals surface area contributed by atoms with Crippen molar-refractivity contribution in [1.29, 1.82) is 0 Å². The molecule has 27 heavy (non-hydrogen) atoms. The fourth-order valence-electron chi connectivity index (χ4n) is 2.61. The molecule has 0 aliphatic heterocycles. The molecule has 1 rings (SSSR count). The van der Waals surface area contributed by atoms with Gasteiger partial charge in [-0.3, -0.25) is 14.4 Å². The third-order valence-corrected chi connectivity index (χ3v) is 3.88.